The van der Waals surface area contributed by atoms with Crippen molar-refractivity contribution in [1.82, 2.24) is 0 Å². The maximum Gasteiger partial charge on any atom is 0.275 e. The second-order valence-electron chi connectivity index (χ2n) is 2.83. The van der Waals surface area contributed by atoms with Crippen LogP contribution in [0.4, 0.5) is 0 Å². The molecule has 0 aromatic heterocycles. The summed E-state index contributed by atoms with van der Waals surface area (Å²) in [6, 6.07) is 2.61. The lowest BCUT2D eigenvalue weighted by atomic mass is 10.2. The number of carboxylic acids is 1. The highest BCUT2D eigenvalue weighted by Crippen LogP contribution is 1.95. The number of carboxylic acid groups (broad SMARTS) is 1. The summed E-state index contributed by atoms with van der Waals surface area (Å²) in [7, 11) is 0. The molecule has 0 aliphatic carbocycles. The van der Waals surface area contributed by atoms with Crippen LogP contribution in [0.3, 0.4) is 0 Å². The molecule has 74 valence electrons. The van der Waals surface area contributed by atoms with Crippen molar-refractivity contribution in [2.24, 2.45) is 0 Å². The maximum absolute atomic E-state index is 10.0. The Morgan fingerprint density at radius 2 is 2.38 bits per heavy atom. The van der Waals surface area contributed by atoms with Gasteiger partial charge < -0.3 is 15.0 Å². The normalized spacial score (nSPS) is 11.5. The number of aliphatic hydroxyl groups excluding tert-OH is 1. The molecule has 4 nitrogen and oxygen atoms in total. The third-order valence-electron chi connectivity index (χ3n) is 1.46. The fraction of sp³-hybridized carbons (Fsp3) is 0.778. The fourth-order valence-corrected chi connectivity index (χ4v) is 0.751. The van der Waals surface area contributed by atoms with Crippen LogP contribution in [0, 0.1) is 6.07 Å². The number of rotatable bonds is 5. The minimum absolute atomic E-state index is 0.164. The quantitative estimate of drug-likeness (QED) is 0.614. The first-order valence-electron chi connectivity index (χ1n) is 4.44. The first-order valence-corrected chi connectivity index (χ1v) is 4.44. The van der Waals surface area contributed by atoms with Gasteiger partial charge in [0.2, 0.25) is 0 Å². The highest BCUT2D eigenvalue weighted by atomic mass is 16.4. The fourth-order valence-electron chi connectivity index (χ4n) is 0.751. The van der Waals surface area contributed by atoms with Gasteiger partial charge >= 0.3 is 0 Å². The van der Waals surface area contributed by atoms with Gasteiger partial charge in [-0.2, -0.15) is 0 Å². The highest BCUT2D eigenvalue weighted by molar-refractivity contribution is 5.64. The van der Waals surface area contributed by atoms with Crippen molar-refractivity contribution in [1.29, 1.82) is 0 Å². The smallest absolute Gasteiger partial charge is 0.275 e. The Balaban J connectivity index is 3.48. The summed E-state index contributed by atoms with van der Waals surface area (Å²) in [6.07, 6.45) is 0.944. The van der Waals surface area contributed by atoms with E-state index in [0.717, 1.165) is 12.8 Å². The van der Waals surface area contributed by atoms with E-state index in [1.54, 1.807) is 0 Å². The van der Waals surface area contributed by atoms with E-state index in [1.165, 1.54) is 0 Å². The van der Waals surface area contributed by atoms with Crippen molar-refractivity contribution < 1.29 is 15.0 Å². The average molecular weight is 185 g/mol. The van der Waals surface area contributed by atoms with Crippen molar-refractivity contribution >= 4 is 5.97 Å². The van der Waals surface area contributed by atoms with E-state index in [1.807, 2.05) is 0 Å². The van der Waals surface area contributed by atoms with Crippen LogP contribution in [0.25, 0.3) is 4.85 Å². The lowest BCUT2D eigenvalue weighted by Gasteiger charge is -2.03. The molecule has 0 rings (SSSR count). The molecule has 0 aliphatic heterocycles. The average Bonchev–Trinajstić information content (AvgIpc) is 2.02. The molecule has 0 aliphatic rings. The van der Waals surface area contributed by atoms with Crippen molar-refractivity contribution in [3.8, 4) is 6.07 Å². The maximum atomic E-state index is 10.0. The van der Waals surface area contributed by atoms with Crippen molar-refractivity contribution in [2.45, 2.75) is 38.7 Å². The van der Waals surface area contributed by atoms with Crippen LogP contribution in [-0.4, -0.2) is 23.7 Å². The molecule has 13 heavy (non-hydrogen) atoms. The van der Waals surface area contributed by atoms with Gasteiger partial charge in [-0.1, -0.05) is 11.8 Å². The molecule has 0 aromatic rings. The van der Waals surface area contributed by atoms with Gasteiger partial charge in [0.25, 0.3) is 12.6 Å². The first kappa shape index (κ1) is 11.9. The molecule has 0 amide bonds. The number of carbonyl (C=O) groups is 1. The van der Waals surface area contributed by atoms with E-state index in [9.17, 15) is 9.90 Å². The molecular weight excluding hydrogens is 170 g/mol. The lowest BCUT2D eigenvalue weighted by Crippen LogP contribution is -2.27. The summed E-state index contributed by atoms with van der Waals surface area (Å²) in [5.74, 6) is -1.25. The number of nitrogens with zero attached hydrogens (tertiary/aromatic N) is 1. The molecule has 0 bridgehead atoms. The largest absolute Gasteiger partial charge is 0.550 e. The van der Waals surface area contributed by atoms with Gasteiger partial charge in [0.15, 0.2) is 0 Å². The number of unbranched alkanes of at least 4 members (excludes halogenated alkanes) is 1. The zero-order valence-corrected chi connectivity index (χ0v) is 7.82. The third-order valence-corrected chi connectivity index (χ3v) is 1.46. The third kappa shape index (κ3) is 8.83. The predicted molar refractivity (Wildman–Crippen MR) is 47.3 cm³/mol. The van der Waals surface area contributed by atoms with Gasteiger partial charge in [0.05, 0.1) is 6.10 Å². The van der Waals surface area contributed by atoms with Crippen molar-refractivity contribution in [3.05, 3.63) is 4.85 Å². The van der Waals surface area contributed by atoms with Crippen molar-refractivity contribution in [2.75, 3.05) is 6.54 Å². The summed E-state index contributed by atoms with van der Waals surface area (Å²) < 4.78 is 0. The predicted octanol–water partition coefficient (Wildman–Crippen LogP) is 0.0104. The van der Waals surface area contributed by atoms with Gasteiger partial charge in [-0.15, -0.1) is 0 Å². The van der Waals surface area contributed by atoms with Crippen molar-refractivity contribution in [3.63, 3.8) is 0 Å². The molecule has 4 heteroatoms. The second kappa shape index (κ2) is 7.56. The van der Waals surface area contributed by atoms with Gasteiger partial charge in [-0.05, 0) is 6.42 Å². The first-order chi connectivity index (χ1) is 6.16. The molecule has 1 unspecified atom stereocenters. The summed E-state index contributed by atoms with van der Waals surface area (Å²) >= 11 is 0. The molecule has 0 spiro atoms. The molecule has 0 aromatic carbocycles. The molecule has 0 saturated carbocycles. The summed E-state index contributed by atoms with van der Waals surface area (Å²) in [4.78, 5) is 13.9. The second-order valence-corrected chi connectivity index (χ2v) is 2.83. The van der Waals surface area contributed by atoms with E-state index < -0.39 is 12.1 Å². The Bertz CT molecular complexity index is 205. The van der Waals surface area contributed by atoms with Gasteiger partial charge in [-0.25, -0.2) is 0 Å². The molecule has 0 fully saturated rings. The molecule has 1 N–H and O–H groups in total. The molecular formula is C9H15NO3. The highest BCUT2D eigenvalue weighted by Gasteiger charge is 2.05. The molecule has 1 atom stereocenters. The van der Waals surface area contributed by atoms with Crippen LogP contribution in [0.5, 0.6) is 0 Å². The summed E-state index contributed by atoms with van der Waals surface area (Å²) in [5.41, 5.74) is 0. The van der Waals surface area contributed by atoms with E-state index in [0.29, 0.717) is 6.54 Å². The SMILES string of the molecule is CCCC[N+]#CCC(O)CC(=O)[O-]. The van der Waals surface area contributed by atoms with Crippen LogP contribution in [0.15, 0.2) is 0 Å². The Morgan fingerprint density at radius 1 is 1.69 bits per heavy atom. The van der Waals surface area contributed by atoms with Crippen LogP contribution < -0.4 is 5.11 Å². The summed E-state index contributed by atoms with van der Waals surface area (Å²) in [6.45, 7) is 2.75. The number of aliphatic hydroxyl groups is 1. The van der Waals surface area contributed by atoms with Crippen LogP contribution >= 0.6 is 0 Å². The van der Waals surface area contributed by atoms with E-state index in [2.05, 4.69) is 17.8 Å². The Labute approximate surface area is 78.0 Å². The van der Waals surface area contributed by atoms with Gasteiger partial charge in [0.1, 0.15) is 6.42 Å². The Kier molecular flexibility index (Phi) is 6.93. The Morgan fingerprint density at radius 3 is 2.92 bits per heavy atom. The standard InChI is InChI=1S/C9H15NO3/c1-2-3-5-10-6-4-8(11)7-9(12)13/h8,11H,2-5,7H2,1H3. The number of hydrogen-bond donors (Lipinski definition) is 1. The van der Waals surface area contributed by atoms with Gasteiger partial charge in [-0.3, -0.25) is 0 Å². The number of aliphatic carboxylic acids is 1. The Hall–Kier alpha value is -1.08. The molecule has 0 saturated heterocycles. The summed E-state index contributed by atoms with van der Waals surface area (Å²) in [5, 5.41) is 19.0. The molecule has 0 heterocycles. The van der Waals surface area contributed by atoms with E-state index >= 15 is 0 Å². The van der Waals surface area contributed by atoms with Crippen LogP contribution in [0.1, 0.15) is 32.6 Å². The monoisotopic (exact) mass is 185 g/mol. The minimum atomic E-state index is -1.25. The van der Waals surface area contributed by atoms with E-state index in [-0.39, 0.29) is 12.8 Å². The topological polar surface area (TPSA) is 64.7 Å². The van der Waals surface area contributed by atoms with Gasteiger partial charge in [0, 0.05) is 18.8 Å². The number of carbonyl (C=O) groups excluding carboxylic acids is 1. The number of hydrogen-bond acceptors (Lipinski definition) is 3. The minimum Gasteiger partial charge on any atom is -0.550 e. The van der Waals surface area contributed by atoms with Crippen LogP contribution in [0.2, 0.25) is 0 Å². The van der Waals surface area contributed by atoms with Crippen LogP contribution in [-0.2, 0) is 4.79 Å². The zero-order valence-electron chi connectivity index (χ0n) is 7.82. The molecule has 0 radical (unpaired) electrons. The lowest BCUT2D eigenvalue weighted by molar-refractivity contribution is -0.307. The van der Waals surface area contributed by atoms with E-state index in [4.69, 9.17) is 5.11 Å². The zero-order chi connectivity index (χ0) is 10.1.